The molecule has 0 atom stereocenters. The average Bonchev–Trinajstić information content (AvgIpc) is 3.19. The van der Waals surface area contributed by atoms with Gasteiger partial charge in [0.2, 0.25) is 0 Å². The minimum absolute atomic E-state index is 0.172. The fourth-order valence-corrected chi connectivity index (χ4v) is 4.92. The summed E-state index contributed by atoms with van der Waals surface area (Å²) >= 11 is 3.42. The molecule has 0 aliphatic rings. The number of aromatic amines is 1. The molecule has 0 aliphatic heterocycles. The highest BCUT2D eigenvalue weighted by molar-refractivity contribution is 9.10. The van der Waals surface area contributed by atoms with Crippen LogP contribution in [-0.4, -0.2) is 14.8 Å². The monoisotopic (exact) mass is 480 g/mol. The lowest BCUT2D eigenvalue weighted by Gasteiger charge is -2.37. The van der Waals surface area contributed by atoms with E-state index in [2.05, 4.69) is 62.4 Å². The van der Waals surface area contributed by atoms with Crippen molar-refractivity contribution in [1.82, 2.24) is 14.8 Å². The Bertz CT molecular complexity index is 1400. The fourth-order valence-electron chi connectivity index (χ4n) is 4.35. The molecular weight excluding hydrogens is 464 g/mol. The second kappa shape index (κ2) is 7.95. The average molecular weight is 481 g/mol. The zero-order valence-corrected chi connectivity index (χ0v) is 18.5. The van der Waals surface area contributed by atoms with Gasteiger partial charge in [-0.05, 0) is 32.6 Å². The van der Waals surface area contributed by atoms with Crippen LogP contribution in [0.4, 0.5) is 0 Å². The molecule has 3 aromatic carbocycles. The van der Waals surface area contributed by atoms with Gasteiger partial charge in [-0.1, -0.05) is 91.0 Å². The van der Waals surface area contributed by atoms with Crippen LogP contribution in [0.1, 0.15) is 22.4 Å². The van der Waals surface area contributed by atoms with Gasteiger partial charge in [0.25, 0.3) is 5.56 Å². The van der Waals surface area contributed by atoms with E-state index < -0.39 is 5.54 Å². The maximum Gasteiger partial charge on any atom is 0.273 e. The smallest absolute Gasteiger partial charge is 0.267 e. The molecule has 0 spiro atoms. The van der Waals surface area contributed by atoms with E-state index in [9.17, 15) is 10.1 Å². The molecule has 5 rings (SSSR count). The molecule has 0 fully saturated rings. The number of halogens is 1. The normalized spacial score (nSPS) is 11.4. The lowest BCUT2D eigenvalue weighted by molar-refractivity contribution is 0.472. The highest BCUT2D eigenvalue weighted by Gasteiger charge is 2.40. The number of pyridine rings is 1. The number of H-pyrrole nitrogens is 1. The quantitative estimate of drug-likeness (QED) is 0.359. The molecule has 0 saturated carbocycles. The summed E-state index contributed by atoms with van der Waals surface area (Å²) in [6.45, 7) is 0. The number of nitriles is 1. The van der Waals surface area contributed by atoms with Gasteiger partial charge in [0, 0.05) is 0 Å². The Kier molecular flexibility index (Phi) is 4.96. The minimum atomic E-state index is -0.875. The summed E-state index contributed by atoms with van der Waals surface area (Å²) in [6.07, 6.45) is 1.58. The number of rotatable bonds is 4. The van der Waals surface area contributed by atoms with Crippen molar-refractivity contribution in [2.45, 2.75) is 5.54 Å². The summed E-state index contributed by atoms with van der Waals surface area (Å²) in [4.78, 5) is 17.5. The van der Waals surface area contributed by atoms with Gasteiger partial charge in [0.05, 0.1) is 21.6 Å². The van der Waals surface area contributed by atoms with Crippen LogP contribution < -0.4 is 5.56 Å². The first-order valence-electron chi connectivity index (χ1n) is 10.0. The number of benzene rings is 3. The Labute approximate surface area is 192 Å². The third-order valence-corrected chi connectivity index (χ3v) is 6.47. The van der Waals surface area contributed by atoms with Crippen molar-refractivity contribution in [3.63, 3.8) is 0 Å². The predicted molar refractivity (Wildman–Crippen MR) is 127 cm³/mol. The Morgan fingerprint density at radius 2 is 1.31 bits per heavy atom. The fraction of sp³-hybridized carbons (Fsp3) is 0.0385. The van der Waals surface area contributed by atoms with Crippen LogP contribution in [0.25, 0.3) is 10.9 Å². The standard InChI is InChI=1S/C26H17BrN4O/c27-24-21(16-28)29-17-22-23(24)25(32)30-31(22)26(18-10-4-1-5-11-18,19-12-6-2-7-13-19)20-14-8-3-9-15-20/h1-15,17H,(H,30,32). The first-order chi connectivity index (χ1) is 15.7. The Hall–Kier alpha value is -3.95. The van der Waals surface area contributed by atoms with Gasteiger partial charge in [-0.25, -0.2) is 4.98 Å². The second-order valence-electron chi connectivity index (χ2n) is 7.38. The van der Waals surface area contributed by atoms with Gasteiger partial charge in [-0.3, -0.25) is 14.6 Å². The second-order valence-corrected chi connectivity index (χ2v) is 8.17. The molecule has 6 heteroatoms. The first-order valence-corrected chi connectivity index (χ1v) is 10.8. The summed E-state index contributed by atoms with van der Waals surface area (Å²) < 4.78 is 2.25. The van der Waals surface area contributed by atoms with Gasteiger partial charge >= 0.3 is 0 Å². The summed E-state index contributed by atoms with van der Waals surface area (Å²) in [5.74, 6) is 0. The number of hydrogen-bond donors (Lipinski definition) is 1. The number of nitrogens with zero attached hydrogens (tertiary/aromatic N) is 3. The van der Waals surface area contributed by atoms with E-state index in [4.69, 9.17) is 0 Å². The molecule has 2 heterocycles. The molecular formula is C26H17BrN4O. The van der Waals surface area contributed by atoms with Crippen LogP contribution in [0.2, 0.25) is 0 Å². The number of nitrogens with one attached hydrogen (secondary N) is 1. The van der Waals surface area contributed by atoms with Crippen molar-refractivity contribution >= 4 is 26.8 Å². The van der Waals surface area contributed by atoms with E-state index in [1.54, 1.807) is 6.20 Å². The Balaban J connectivity index is 2.01. The molecule has 5 nitrogen and oxygen atoms in total. The lowest BCUT2D eigenvalue weighted by atomic mass is 9.77. The summed E-state index contributed by atoms with van der Waals surface area (Å²) in [7, 11) is 0. The summed E-state index contributed by atoms with van der Waals surface area (Å²) in [5, 5.41) is 12.9. The maximum absolute atomic E-state index is 13.2. The summed E-state index contributed by atoms with van der Waals surface area (Å²) in [6, 6.07) is 32.2. The minimum Gasteiger partial charge on any atom is -0.267 e. The molecule has 154 valence electrons. The molecule has 1 N–H and O–H groups in total. The van der Waals surface area contributed by atoms with E-state index >= 15 is 0 Å². The Morgan fingerprint density at radius 3 is 1.75 bits per heavy atom. The number of hydrogen-bond acceptors (Lipinski definition) is 3. The van der Waals surface area contributed by atoms with Gasteiger partial charge in [0.15, 0.2) is 5.69 Å². The summed E-state index contributed by atoms with van der Waals surface area (Å²) in [5.41, 5.74) is 2.53. The molecule has 0 radical (unpaired) electrons. The molecule has 32 heavy (non-hydrogen) atoms. The molecule has 0 aliphatic carbocycles. The van der Waals surface area contributed by atoms with Crippen molar-refractivity contribution in [2.75, 3.05) is 0 Å². The first kappa shape index (κ1) is 20.0. The zero-order valence-electron chi connectivity index (χ0n) is 16.9. The van der Waals surface area contributed by atoms with Gasteiger partial charge in [-0.15, -0.1) is 0 Å². The molecule has 5 aromatic rings. The van der Waals surface area contributed by atoms with Crippen molar-refractivity contribution in [2.24, 2.45) is 0 Å². The van der Waals surface area contributed by atoms with Crippen LogP contribution in [0.3, 0.4) is 0 Å². The largest absolute Gasteiger partial charge is 0.273 e. The van der Waals surface area contributed by atoms with Gasteiger partial charge < -0.3 is 0 Å². The van der Waals surface area contributed by atoms with E-state index in [1.165, 1.54) is 0 Å². The van der Waals surface area contributed by atoms with Crippen LogP contribution in [-0.2, 0) is 5.54 Å². The van der Waals surface area contributed by atoms with Crippen LogP contribution >= 0.6 is 15.9 Å². The van der Waals surface area contributed by atoms with E-state index in [0.29, 0.717) is 15.4 Å². The molecule has 0 unspecified atom stereocenters. The van der Waals surface area contributed by atoms with Crippen molar-refractivity contribution in [3.05, 3.63) is 134 Å². The van der Waals surface area contributed by atoms with Crippen molar-refractivity contribution in [3.8, 4) is 6.07 Å². The molecule has 0 amide bonds. The SMILES string of the molecule is N#Cc1ncc2c(c1Br)c(=O)[nH]n2C(c1ccccc1)(c1ccccc1)c1ccccc1. The van der Waals surface area contributed by atoms with Crippen molar-refractivity contribution in [1.29, 1.82) is 5.26 Å². The van der Waals surface area contributed by atoms with E-state index in [-0.39, 0.29) is 11.3 Å². The third-order valence-electron chi connectivity index (χ3n) is 5.70. The molecule has 0 saturated heterocycles. The van der Waals surface area contributed by atoms with Gasteiger partial charge in [0.1, 0.15) is 11.6 Å². The lowest BCUT2D eigenvalue weighted by Crippen LogP contribution is -2.39. The van der Waals surface area contributed by atoms with Crippen LogP contribution in [0, 0.1) is 11.3 Å². The van der Waals surface area contributed by atoms with Gasteiger partial charge in [-0.2, -0.15) is 5.26 Å². The molecule has 2 aromatic heterocycles. The highest BCUT2D eigenvalue weighted by atomic mass is 79.9. The third kappa shape index (κ3) is 2.90. The number of aromatic nitrogens is 3. The maximum atomic E-state index is 13.2. The van der Waals surface area contributed by atoms with E-state index in [0.717, 1.165) is 16.7 Å². The highest BCUT2D eigenvalue weighted by Crippen LogP contribution is 2.42. The zero-order chi connectivity index (χ0) is 22.1. The van der Waals surface area contributed by atoms with Crippen LogP contribution in [0.5, 0.6) is 0 Å². The van der Waals surface area contributed by atoms with Crippen LogP contribution in [0.15, 0.2) is 106 Å². The Morgan fingerprint density at radius 1 is 0.844 bits per heavy atom. The van der Waals surface area contributed by atoms with E-state index in [1.807, 2.05) is 65.3 Å². The topological polar surface area (TPSA) is 74.5 Å². The predicted octanol–water partition coefficient (Wildman–Crippen LogP) is 5.20. The molecule has 0 bridgehead atoms. The van der Waals surface area contributed by atoms with Crippen molar-refractivity contribution < 1.29 is 0 Å². The number of fused-ring (bicyclic) bond motifs is 1.